The quantitative estimate of drug-likeness (QED) is 0.311. The molecule has 0 spiro atoms. The van der Waals surface area contributed by atoms with Crippen LogP contribution in [0.25, 0.3) is 16.8 Å². The topological polar surface area (TPSA) is 99.6 Å². The molecular formula is C30H33F3N6O2. The van der Waals surface area contributed by atoms with Crippen LogP contribution >= 0.6 is 0 Å². The lowest BCUT2D eigenvalue weighted by atomic mass is 9.74. The second-order valence-corrected chi connectivity index (χ2v) is 11.1. The third-order valence-electron chi connectivity index (χ3n) is 8.49. The summed E-state index contributed by atoms with van der Waals surface area (Å²) >= 11 is 0. The van der Waals surface area contributed by atoms with Crippen molar-refractivity contribution in [1.82, 2.24) is 19.6 Å². The Hall–Kier alpha value is -3.54. The van der Waals surface area contributed by atoms with E-state index in [-0.39, 0.29) is 66.9 Å². The van der Waals surface area contributed by atoms with Crippen LogP contribution in [0.4, 0.5) is 24.8 Å². The zero-order valence-electron chi connectivity index (χ0n) is 23.0. The molecule has 3 aromatic heterocycles. The molecule has 2 aliphatic rings. The highest BCUT2D eigenvalue weighted by Gasteiger charge is 2.37. The fourth-order valence-corrected chi connectivity index (χ4v) is 6.37. The number of rotatable bonds is 6. The van der Waals surface area contributed by atoms with E-state index in [1.807, 2.05) is 6.07 Å². The van der Waals surface area contributed by atoms with Gasteiger partial charge < -0.3 is 20.5 Å². The van der Waals surface area contributed by atoms with Crippen LogP contribution in [0, 0.1) is 17.6 Å². The molecule has 4 heterocycles. The summed E-state index contributed by atoms with van der Waals surface area (Å²) in [5, 5.41) is 7.83. The van der Waals surface area contributed by atoms with Crippen molar-refractivity contribution < 1.29 is 22.6 Å². The molecule has 216 valence electrons. The van der Waals surface area contributed by atoms with E-state index >= 15 is 13.2 Å². The number of nitrogens with two attached hydrogens (primary N) is 1. The van der Waals surface area contributed by atoms with Crippen LogP contribution in [-0.4, -0.2) is 52.1 Å². The maximum absolute atomic E-state index is 15.4. The fraction of sp³-hybridized carbons (Fsp3) is 0.433. The second kappa shape index (κ2) is 11.0. The number of hydrogen-bond donors (Lipinski definition) is 2. The van der Waals surface area contributed by atoms with Crippen molar-refractivity contribution in [3.63, 3.8) is 0 Å². The molecule has 8 nitrogen and oxygen atoms in total. The number of aromatic nitrogens is 4. The molecule has 4 aromatic rings. The first kappa shape index (κ1) is 27.6. The van der Waals surface area contributed by atoms with E-state index < -0.39 is 17.3 Å². The van der Waals surface area contributed by atoms with E-state index in [0.29, 0.717) is 11.5 Å². The Morgan fingerprint density at radius 3 is 2.56 bits per heavy atom. The van der Waals surface area contributed by atoms with Crippen LogP contribution in [0.5, 0.6) is 0 Å². The lowest BCUT2D eigenvalue weighted by molar-refractivity contribution is -0.0117. The van der Waals surface area contributed by atoms with Crippen molar-refractivity contribution in [2.24, 2.45) is 11.7 Å². The van der Waals surface area contributed by atoms with Crippen LogP contribution in [0.3, 0.4) is 0 Å². The minimum Gasteiger partial charge on any atom is -0.381 e. The number of ether oxygens (including phenoxy) is 2. The summed E-state index contributed by atoms with van der Waals surface area (Å²) in [7, 11) is 1.70. The SMILES string of the molecule is COC1C(C)CC(c2ccncc2Nc2ncc3ccc(-c4c(F)cc(C5(F)CCOCC5)cc4F)nn23)CC1N. The zero-order chi connectivity index (χ0) is 28.7. The fourth-order valence-electron chi connectivity index (χ4n) is 6.37. The van der Waals surface area contributed by atoms with Crippen LogP contribution in [-0.2, 0) is 15.1 Å². The molecule has 4 unspecified atom stereocenters. The van der Waals surface area contributed by atoms with Crippen LogP contribution in [0.1, 0.15) is 49.7 Å². The molecule has 3 N–H and O–H groups in total. The summed E-state index contributed by atoms with van der Waals surface area (Å²) in [5.74, 6) is -0.932. The first-order valence-corrected chi connectivity index (χ1v) is 13.9. The molecule has 11 heteroatoms. The minimum atomic E-state index is -1.83. The lowest BCUT2D eigenvalue weighted by Crippen LogP contribution is -2.45. The Morgan fingerprint density at radius 2 is 1.85 bits per heavy atom. The van der Waals surface area contributed by atoms with Gasteiger partial charge in [0.15, 0.2) is 0 Å². The molecule has 6 rings (SSSR count). The standard InChI is InChI=1S/C30H33F3N6O2/c1-17-11-18(12-24(34)28(17)40-2)21-5-8-35-16-26(21)37-29-36-15-20-3-4-25(38-39(20)29)27-22(31)13-19(14-23(27)32)30(33)6-9-41-10-7-30/h3-5,8,13-18,24,28H,6-7,9-12,34H2,1-2H3,(H,36,37). The molecule has 2 fully saturated rings. The lowest BCUT2D eigenvalue weighted by Gasteiger charge is -2.38. The van der Waals surface area contributed by atoms with Gasteiger partial charge in [0.1, 0.15) is 17.3 Å². The van der Waals surface area contributed by atoms with E-state index in [2.05, 4.69) is 27.3 Å². The predicted octanol–water partition coefficient (Wildman–Crippen LogP) is 5.64. The van der Waals surface area contributed by atoms with Gasteiger partial charge in [0.25, 0.3) is 0 Å². The highest BCUT2D eigenvalue weighted by molar-refractivity contribution is 5.66. The Morgan fingerprint density at radius 1 is 1.10 bits per heavy atom. The van der Waals surface area contributed by atoms with E-state index in [1.54, 1.807) is 31.8 Å². The van der Waals surface area contributed by atoms with Gasteiger partial charge in [-0.15, -0.1) is 0 Å². The second-order valence-electron chi connectivity index (χ2n) is 11.1. The molecule has 1 saturated carbocycles. The van der Waals surface area contributed by atoms with Gasteiger partial charge in [-0.3, -0.25) is 4.98 Å². The summed E-state index contributed by atoms with van der Waals surface area (Å²) in [6.45, 7) is 2.55. The monoisotopic (exact) mass is 566 g/mol. The largest absolute Gasteiger partial charge is 0.381 e. The van der Waals surface area contributed by atoms with E-state index in [0.717, 1.165) is 36.2 Å². The number of fused-ring (bicyclic) bond motifs is 1. The summed E-state index contributed by atoms with van der Waals surface area (Å²) in [5.41, 5.74) is 6.75. The number of imidazole rings is 1. The van der Waals surface area contributed by atoms with Crippen LogP contribution in [0.2, 0.25) is 0 Å². The average molecular weight is 567 g/mol. The summed E-state index contributed by atoms with van der Waals surface area (Å²) in [4.78, 5) is 8.76. The van der Waals surface area contributed by atoms with Gasteiger partial charge in [-0.1, -0.05) is 6.92 Å². The molecular weight excluding hydrogens is 533 g/mol. The number of nitrogens with zero attached hydrogens (tertiary/aromatic N) is 4. The van der Waals surface area contributed by atoms with Gasteiger partial charge >= 0.3 is 0 Å². The Bertz CT molecular complexity index is 1520. The van der Waals surface area contributed by atoms with Crippen molar-refractivity contribution in [3.8, 4) is 11.3 Å². The van der Waals surface area contributed by atoms with Crippen molar-refractivity contribution in [3.05, 3.63) is 71.7 Å². The number of hydrogen-bond acceptors (Lipinski definition) is 7. The first-order chi connectivity index (χ1) is 19.8. The molecule has 0 bridgehead atoms. The average Bonchev–Trinajstić information content (AvgIpc) is 3.35. The zero-order valence-corrected chi connectivity index (χ0v) is 23.0. The van der Waals surface area contributed by atoms with E-state index in [9.17, 15) is 0 Å². The highest BCUT2D eigenvalue weighted by atomic mass is 19.1. The minimum absolute atomic E-state index is 0.00494. The van der Waals surface area contributed by atoms with Gasteiger partial charge in [0.2, 0.25) is 5.95 Å². The molecule has 4 atom stereocenters. The number of halogens is 3. The van der Waals surface area contributed by atoms with Crippen molar-refractivity contribution >= 4 is 17.2 Å². The summed E-state index contributed by atoms with van der Waals surface area (Å²) in [6, 6.07) is 7.20. The third kappa shape index (κ3) is 5.18. The molecule has 41 heavy (non-hydrogen) atoms. The number of nitrogens with one attached hydrogen (secondary N) is 1. The number of methoxy groups -OCH3 is 1. The molecule has 1 aliphatic carbocycles. The molecule has 1 aliphatic heterocycles. The smallest absolute Gasteiger partial charge is 0.229 e. The number of benzene rings is 1. The van der Waals surface area contributed by atoms with Gasteiger partial charge in [-0.2, -0.15) is 9.61 Å². The summed E-state index contributed by atoms with van der Waals surface area (Å²) < 4.78 is 58.4. The molecule has 0 amide bonds. The van der Waals surface area contributed by atoms with Gasteiger partial charge in [0, 0.05) is 45.4 Å². The molecule has 1 aromatic carbocycles. The Kier molecular flexibility index (Phi) is 7.43. The predicted molar refractivity (Wildman–Crippen MR) is 149 cm³/mol. The normalized spacial score (nSPS) is 24.4. The first-order valence-electron chi connectivity index (χ1n) is 13.9. The third-order valence-corrected chi connectivity index (χ3v) is 8.49. The van der Waals surface area contributed by atoms with Gasteiger partial charge in [-0.05, 0) is 66.1 Å². The molecule has 0 radical (unpaired) electrons. The van der Waals surface area contributed by atoms with Gasteiger partial charge in [0.05, 0.1) is 41.0 Å². The van der Waals surface area contributed by atoms with Crippen molar-refractivity contribution in [2.75, 3.05) is 25.6 Å². The van der Waals surface area contributed by atoms with E-state index in [1.165, 1.54) is 10.6 Å². The number of anilines is 2. The summed E-state index contributed by atoms with van der Waals surface area (Å²) in [6.07, 6.45) is 6.85. The van der Waals surface area contributed by atoms with Crippen molar-refractivity contribution in [2.45, 2.75) is 56.3 Å². The number of pyridine rings is 1. The van der Waals surface area contributed by atoms with Crippen LogP contribution < -0.4 is 11.1 Å². The molecule has 1 saturated heterocycles. The Labute approximate surface area is 236 Å². The van der Waals surface area contributed by atoms with Crippen molar-refractivity contribution in [1.29, 1.82) is 0 Å². The number of alkyl halides is 1. The van der Waals surface area contributed by atoms with E-state index in [4.69, 9.17) is 15.2 Å². The maximum Gasteiger partial charge on any atom is 0.229 e. The Balaban J connectivity index is 1.32. The van der Waals surface area contributed by atoms with Crippen LogP contribution in [0.15, 0.2) is 48.9 Å². The maximum atomic E-state index is 15.4. The van der Waals surface area contributed by atoms with Gasteiger partial charge in [-0.25, -0.2) is 18.2 Å². The highest BCUT2D eigenvalue weighted by Crippen LogP contribution is 2.41.